The molecule has 0 bridgehead atoms. The lowest BCUT2D eigenvalue weighted by molar-refractivity contribution is 0.166. The van der Waals surface area contributed by atoms with E-state index in [9.17, 15) is 4.57 Å². The first-order chi connectivity index (χ1) is 8.68. The minimum absolute atomic E-state index is 0.117. The van der Waals surface area contributed by atoms with Gasteiger partial charge in [-0.3, -0.25) is 4.57 Å². The van der Waals surface area contributed by atoms with Gasteiger partial charge >= 0.3 is 7.60 Å². The highest BCUT2D eigenvalue weighted by Gasteiger charge is 2.72. The molecule has 1 saturated heterocycles. The van der Waals surface area contributed by atoms with Gasteiger partial charge in [-0.05, 0) is 32.1 Å². The van der Waals surface area contributed by atoms with E-state index in [4.69, 9.17) is 13.8 Å². The molecule has 106 valence electrons. The topological polar surface area (TPSA) is 48.1 Å². The lowest BCUT2D eigenvalue weighted by Gasteiger charge is -2.23. The van der Waals surface area contributed by atoms with Crippen LogP contribution in [0.15, 0.2) is 0 Å². The van der Waals surface area contributed by atoms with E-state index >= 15 is 0 Å². The van der Waals surface area contributed by atoms with Crippen molar-refractivity contribution >= 4 is 7.60 Å². The fourth-order valence-corrected chi connectivity index (χ4v) is 4.97. The zero-order valence-corrected chi connectivity index (χ0v) is 12.4. The fraction of sp³-hybridized carbons (Fsp3) is 1.00. The number of epoxide rings is 1. The lowest BCUT2D eigenvalue weighted by Crippen LogP contribution is -2.16. The second-order valence-electron chi connectivity index (χ2n) is 5.21. The van der Waals surface area contributed by atoms with Crippen molar-refractivity contribution in [2.75, 3.05) is 13.2 Å². The molecular formula is C13H25O4P. The summed E-state index contributed by atoms with van der Waals surface area (Å²) in [6.45, 7) is 5.21. The summed E-state index contributed by atoms with van der Waals surface area (Å²) in [6.07, 6.45) is 6.92. The average molecular weight is 276 g/mol. The maximum Gasteiger partial charge on any atom is 0.364 e. The molecule has 5 heteroatoms. The summed E-state index contributed by atoms with van der Waals surface area (Å²) in [4.78, 5) is 0. The van der Waals surface area contributed by atoms with E-state index in [0.29, 0.717) is 13.2 Å². The Morgan fingerprint density at radius 2 is 1.83 bits per heavy atom. The molecule has 0 spiro atoms. The minimum atomic E-state index is -3.09. The van der Waals surface area contributed by atoms with Crippen LogP contribution < -0.4 is 0 Å². The van der Waals surface area contributed by atoms with Crippen LogP contribution >= 0.6 is 7.60 Å². The van der Waals surface area contributed by atoms with E-state index in [1.54, 1.807) is 0 Å². The summed E-state index contributed by atoms with van der Waals surface area (Å²) < 4.78 is 29.9. The molecule has 18 heavy (non-hydrogen) atoms. The summed E-state index contributed by atoms with van der Waals surface area (Å²) in [5.74, 6) is 0. The average Bonchev–Trinajstić information content (AvgIpc) is 2.93. The van der Waals surface area contributed by atoms with Crippen LogP contribution in [0.4, 0.5) is 0 Å². The lowest BCUT2D eigenvalue weighted by atomic mass is 10.4. The number of hydrogen-bond acceptors (Lipinski definition) is 4. The summed E-state index contributed by atoms with van der Waals surface area (Å²) in [7, 11) is -3.09. The number of unbranched alkanes of at least 4 members (excludes halogenated alkanes) is 2. The standard InChI is InChI=1S/C13H25O4P/c1-3-5-10-15-18(14,16-11-6-4-2)13-9-7-8-12(13)17-13/h12H,3-11H2,1-2H3. The first-order valence-corrected chi connectivity index (χ1v) is 8.80. The van der Waals surface area contributed by atoms with E-state index in [1.165, 1.54) is 0 Å². The Balaban J connectivity index is 1.96. The molecule has 0 aromatic rings. The van der Waals surface area contributed by atoms with E-state index in [0.717, 1.165) is 44.9 Å². The third kappa shape index (κ3) is 2.67. The highest BCUT2D eigenvalue weighted by atomic mass is 31.2. The van der Waals surface area contributed by atoms with Gasteiger partial charge in [0.15, 0.2) is 5.34 Å². The Morgan fingerprint density at radius 1 is 1.22 bits per heavy atom. The first-order valence-electron chi connectivity index (χ1n) is 7.25. The molecule has 0 aromatic heterocycles. The Kier molecular flexibility index (Phi) is 4.87. The molecule has 0 N–H and O–H groups in total. The van der Waals surface area contributed by atoms with Gasteiger partial charge in [0.05, 0.1) is 19.3 Å². The molecule has 1 aliphatic carbocycles. The molecule has 2 rings (SSSR count). The van der Waals surface area contributed by atoms with Crippen molar-refractivity contribution in [3.05, 3.63) is 0 Å². The molecule has 0 radical (unpaired) electrons. The highest BCUT2D eigenvalue weighted by molar-refractivity contribution is 7.55. The molecular weight excluding hydrogens is 251 g/mol. The molecule has 2 atom stereocenters. The van der Waals surface area contributed by atoms with Crippen LogP contribution in [0.25, 0.3) is 0 Å². The third-order valence-electron chi connectivity index (χ3n) is 3.78. The van der Waals surface area contributed by atoms with Gasteiger partial charge in [-0.1, -0.05) is 26.7 Å². The van der Waals surface area contributed by atoms with Gasteiger partial charge in [-0.25, -0.2) is 0 Å². The number of hydrogen-bond donors (Lipinski definition) is 0. The van der Waals surface area contributed by atoms with Crippen molar-refractivity contribution in [3.8, 4) is 0 Å². The van der Waals surface area contributed by atoms with Crippen molar-refractivity contribution in [1.29, 1.82) is 0 Å². The monoisotopic (exact) mass is 276 g/mol. The van der Waals surface area contributed by atoms with Gasteiger partial charge in [0.2, 0.25) is 0 Å². The van der Waals surface area contributed by atoms with Crippen LogP contribution in [0.1, 0.15) is 58.8 Å². The molecule has 2 fully saturated rings. The molecule has 2 aliphatic rings. The molecule has 1 saturated carbocycles. The molecule has 0 aromatic carbocycles. The maximum atomic E-state index is 13.0. The molecule has 0 amide bonds. The zero-order valence-electron chi connectivity index (χ0n) is 11.5. The van der Waals surface area contributed by atoms with Crippen LogP contribution in [0, 0.1) is 0 Å². The van der Waals surface area contributed by atoms with Gasteiger partial charge in [0.25, 0.3) is 0 Å². The number of fused-ring (bicyclic) bond motifs is 1. The Labute approximate surface area is 110 Å². The van der Waals surface area contributed by atoms with Crippen molar-refractivity contribution in [3.63, 3.8) is 0 Å². The Hall–Kier alpha value is 0.110. The van der Waals surface area contributed by atoms with Crippen molar-refractivity contribution in [1.82, 2.24) is 0 Å². The smallest absolute Gasteiger partial charge is 0.353 e. The second kappa shape index (κ2) is 6.04. The Bertz CT molecular complexity index is 306. The molecule has 4 nitrogen and oxygen atoms in total. The van der Waals surface area contributed by atoms with Gasteiger partial charge < -0.3 is 13.8 Å². The predicted octanol–water partition coefficient (Wildman–Crippen LogP) is 4.09. The summed E-state index contributed by atoms with van der Waals surface area (Å²) in [5, 5.41) is -0.575. The number of rotatable bonds is 9. The minimum Gasteiger partial charge on any atom is -0.353 e. The Morgan fingerprint density at radius 3 is 2.22 bits per heavy atom. The highest BCUT2D eigenvalue weighted by Crippen LogP contribution is 2.75. The summed E-state index contributed by atoms with van der Waals surface area (Å²) in [6, 6.07) is 0. The van der Waals surface area contributed by atoms with Gasteiger partial charge in [0.1, 0.15) is 0 Å². The van der Waals surface area contributed by atoms with Gasteiger partial charge in [0, 0.05) is 0 Å². The fourth-order valence-electron chi connectivity index (χ4n) is 2.55. The van der Waals surface area contributed by atoms with E-state index in [-0.39, 0.29) is 6.10 Å². The molecule has 1 heterocycles. The maximum absolute atomic E-state index is 13.0. The predicted molar refractivity (Wildman–Crippen MR) is 70.8 cm³/mol. The summed E-state index contributed by atoms with van der Waals surface area (Å²) in [5.41, 5.74) is 0. The largest absolute Gasteiger partial charge is 0.364 e. The SMILES string of the molecule is CCCCOP(=O)(OCCCC)C12CCCC1O2. The quantitative estimate of drug-likeness (QED) is 0.361. The van der Waals surface area contributed by atoms with Crippen LogP contribution in [0.5, 0.6) is 0 Å². The van der Waals surface area contributed by atoms with Crippen molar-refractivity contribution in [2.24, 2.45) is 0 Å². The van der Waals surface area contributed by atoms with E-state index < -0.39 is 12.9 Å². The molecule has 2 unspecified atom stereocenters. The van der Waals surface area contributed by atoms with Crippen LogP contribution in [-0.4, -0.2) is 24.7 Å². The van der Waals surface area contributed by atoms with Crippen LogP contribution in [-0.2, 0) is 18.3 Å². The van der Waals surface area contributed by atoms with Crippen molar-refractivity contribution in [2.45, 2.75) is 70.2 Å². The normalized spacial score (nSPS) is 30.4. The first kappa shape index (κ1) is 14.5. The summed E-state index contributed by atoms with van der Waals surface area (Å²) >= 11 is 0. The molecule has 1 aliphatic heterocycles. The second-order valence-corrected chi connectivity index (χ2v) is 7.48. The van der Waals surface area contributed by atoms with Crippen LogP contribution in [0.2, 0.25) is 0 Å². The van der Waals surface area contributed by atoms with Gasteiger partial charge in [-0.2, -0.15) is 0 Å². The zero-order chi connectivity index (χ0) is 13.1. The van der Waals surface area contributed by atoms with Gasteiger partial charge in [-0.15, -0.1) is 0 Å². The van der Waals surface area contributed by atoms with E-state index in [2.05, 4.69) is 13.8 Å². The van der Waals surface area contributed by atoms with Crippen molar-refractivity contribution < 1.29 is 18.3 Å². The van der Waals surface area contributed by atoms with Crippen LogP contribution in [0.3, 0.4) is 0 Å². The third-order valence-corrected chi connectivity index (χ3v) is 6.36. The van der Waals surface area contributed by atoms with E-state index in [1.807, 2.05) is 0 Å². The number of ether oxygens (including phenoxy) is 1.